The van der Waals surface area contributed by atoms with Gasteiger partial charge in [-0.3, -0.25) is 0 Å². The summed E-state index contributed by atoms with van der Waals surface area (Å²) in [5.74, 6) is -0.585. The number of benzene rings is 3. The minimum Gasteiger partial charge on any atom is -0.310 e. The molecule has 3 heteroatoms. The highest BCUT2D eigenvalue weighted by Gasteiger charge is 2.11. The second-order valence-electron chi connectivity index (χ2n) is 4.55. The second-order valence-corrected chi connectivity index (χ2v) is 4.55. The average Bonchev–Trinajstić information content (AvgIpc) is 2.52. The molecule has 3 aromatic carbocycles. The third-order valence-corrected chi connectivity index (χ3v) is 3.13. The Labute approximate surface area is 122 Å². The lowest BCUT2D eigenvalue weighted by Crippen LogP contribution is -2.09. The van der Waals surface area contributed by atoms with Gasteiger partial charge in [0.25, 0.3) is 0 Å². The van der Waals surface area contributed by atoms with Crippen molar-refractivity contribution in [3.8, 4) is 0 Å². The van der Waals surface area contributed by atoms with Crippen LogP contribution in [-0.4, -0.2) is 0 Å². The first kappa shape index (κ1) is 13.3. The molecule has 21 heavy (non-hydrogen) atoms. The van der Waals surface area contributed by atoms with E-state index in [0.29, 0.717) is 0 Å². The highest BCUT2D eigenvalue weighted by atomic mass is 19.1. The molecule has 0 aliphatic carbocycles. The Balaban J connectivity index is 2.11. The van der Waals surface area contributed by atoms with Gasteiger partial charge in [0.05, 0.1) is 0 Å². The first-order valence-corrected chi connectivity index (χ1v) is 6.51. The highest BCUT2D eigenvalue weighted by Crippen LogP contribution is 2.34. The van der Waals surface area contributed by atoms with E-state index in [-0.39, 0.29) is 11.6 Å². The summed E-state index contributed by atoms with van der Waals surface area (Å²) in [7, 11) is 0. The van der Waals surface area contributed by atoms with Crippen LogP contribution < -0.4 is 4.90 Å². The molecule has 1 nitrogen and oxygen atoms in total. The van der Waals surface area contributed by atoms with E-state index in [2.05, 4.69) is 6.07 Å². The number of hydrogen-bond donors (Lipinski definition) is 0. The largest absolute Gasteiger partial charge is 0.310 e. The first-order chi connectivity index (χ1) is 10.2. The number of halogens is 2. The van der Waals surface area contributed by atoms with Gasteiger partial charge in [0.15, 0.2) is 0 Å². The molecule has 0 atom stereocenters. The molecule has 1 radical (unpaired) electrons. The maximum Gasteiger partial charge on any atom is 0.123 e. The van der Waals surface area contributed by atoms with Gasteiger partial charge in [-0.15, -0.1) is 0 Å². The molecule has 0 unspecified atom stereocenters. The number of hydrogen-bond acceptors (Lipinski definition) is 1. The third kappa shape index (κ3) is 2.92. The Morgan fingerprint density at radius 3 is 1.38 bits per heavy atom. The molecule has 0 aliphatic heterocycles. The average molecular weight is 280 g/mol. The summed E-state index contributed by atoms with van der Waals surface area (Å²) in [4.78, 5) is 1.92. The van der Waals surface area contributed by atoms with E-state index in [0.717, 1.165) is 17.1 Å². The Morgan fingerprint density at radius 1 is 0.571 bits per heavy atom. The summed E-state index contributed by atoms with van der Waals surface area (Å²) in [6.07, 6.45) is 0. The quantitative estimate of drug-likeness (QED) is 0.634. The zero-order chi connectivity index (χ0) is 14.7. The number of nitrogens with zero attached hydrogens (tertiary/aromatic N) is 1. The molecule has 0 bridgehead atoms. The van der Waals surface area contributed by atoms with E-state index in [4.69, 9.17) is 0 Å². The summed E-state index contributed by atoms with van der Waals surface area (Å²) >= 11 is 0. The van der Waals surface area contributed by atoms with Crippen LogP contribution >= 0.6 is 0 Å². The minimum atomic E-state index is -0.292. The van der Waals surface area contributed by atoms with Crippen LogP contribution in [0.2, 0.25) is 0 Å². The van der Waals surface area contributed by atoms with Gasteiger partial charge in [-0.1, -0.05) is 12.1 Å². The topological polar surface area (TPSA) is 3.24 Å². The maximum atomic E-state index is 13.1. The van der Waals surface area contributed by atoms with Crippen molar-refractivity contribution >= 4 is 17.1 Å². The fourth-order valence-electron chi connectivity index (χ4n) is 2.15. The monoisotopic (exact) mass is 280 g/mol. The molecule has 3 rings (SSSR count). The van der Waals surface area contributed by atoms with Gasteiger partial charge in [-0.05, 0) is 66.7 Å². The van der Waals surface area contributed by atoms with Crippen LogP contribution in [0.15, 0.2) is 72.8 Å². The summed E-state index contributed by atoms with van der Waals surface area (Å²) in [5, 5.41) is 0. The smallest absolute Gasteiger partial charge is 0.123 e. The van der Waals surface area contributed by atoms with Crippen LogP contribution in [0.4, 0.5) is 25.8 Å². The molecular weight excluding hydrogens is 268 g/mol. The van der Waals surface area contributed by atoms with Crippen molar-refractivity contribution in [2.45, 2.75) is 0 Å². The molecule has 0 aromatic heterocycles. The van der Waals surface area contributed by atoms with Gasteiger partial charge in [-0.25, -0.2) is 8.78 Å². The zero-order valence-electron chi connectivity index (χ0n) is 11.1. The number of rotatable bonds is 3. The second kappa shape index (κ2) is 5.75. The third-order valence-electron chi connectivity index (χ3n) is 3.13. The molecule has 0 N–H and O–H groups in total. The predicted octanol–water partition coefficient (Wildman–Crippen LogP) is 5.23. The lowest BCUT2D eigenvalue weighted by Gasteiger charge is -2.25. The van der Waals surface area contributed by atoms with Crippen molar-refractivity contribution in [1.82, 2.24) is 0 Å². The molecule has 103 valence electrons. The molecular formula is C18H12F2N. The lowest BCUT2D eigenvalue weighted by molar-refractivity contribution is 0.628. The van der Waals surface area contributed by atoms with E-state index >= 15 is 0 Å². The summed E-state index contributed by atoms with van der Waals surface area (Å²) in [5.41, 5.74) is 2.50. The van der Waals surface area contributed by atoms with Crippen molar-refractivity contribution < 1.29 is 8.78 Å². The minimum absolute atomic E-state index is 0.292. The maximum absolute atomic E-state index is 13.1. The lowest BCUT2D eigenvalue weighted by atomic mass is 10.2. The summed E-state index contributed by atoms with van der Waals surface area (Å²) < 4.78 is 26.3. The van der Waals surface area contributed by atoms with Crippen molar-refractivity contribution in [1.29, 1.82) is 0 Å². The van der Waals surface area contributed by atoms with E-state index in [1.54, 1.807) is 36.4 Å². The Morgan fingerprint density at radius 2 is 0.952 bits per heavy atom. The molecule has 3 aromatic rings. The van der Waals surface area contributed by atoms with Gasteiger partial charge in [0, 0.05) is 17.1 Å². The zero-order valence-corrected chi connectivity index (χ0v) is 11.1. The molecule has 0 aliphatic rings. The van der Waals surface area contributed by atoms with Crippen LogP contribution in [0, 0.1) is 17.7 Å². The standard InChI is InChI=1S/C18H12F2N/c19-14-6-10-17(11-7-14)21(16-4-2-1-3-5-16)18-12-8-15(20)9-13-18/h2-13H. The van der Waals surface area contributed by atoms with Crippen molar-refractivity contribution in [2.24, 2.45) is 0 Å². The van der Waals surface area contributed by atoms with Crippen LogP contribution in [0.3, 0.4) is 0 Å². The molecule has 0 saturated heterocycles. The number of anilines is 3. The molecule has 0 amide bonds. The summed E-state index contributed by atoms with van der Waals surface area (Å²) in [6, 6.07) is 22.7. The van der Waals surface area contributed by atoms with Crippen molar-refractivity contribution in [2.75, 3.05) is 4.90 Å². The van der Waals surface area contributed by atoms with Crippen LogP contribution in [0.25, 0.3) is 0 Å². The summed E-state index contributed by atoms with van der Waals surface area (Å²) in [6.45, 7) is 0. The van der Waals surface area contributed by atoms with Crippen LogP contribution in [0.5, 0.6) is 0 Å². The fourth-order valence-corrected chi connectivity index (χ4v) is 2.15. The predicted molar refractivity (Wildman–Crippen MR) is 79.9 cm³/mol. The van der Waals surface area contributed by atoms with Crippen molar-refractivity contribution in [3.05, 3.63) is 90.5 Å². The van der Waals surface area contributed by atoms with Crippen LogP contribution in [-0.2, 0) is 0 Å². The fraction of sp³-hybridized carbons (Fsp3) is 0. The first-order valence-electron chi connectivity index (χ1n) is 6.51. The highest BCUT2D eigenvalue weighted by molar-refractivity contribution is 5.76. The molecule has 0 fully saturated rings. The normalized spacial score (nSPS) is 10.4. The van der Waals surface area contributed by atoms with Gasteiger partial charge in [0.2, 0.25) is 0 Å². The van der Waals surface area contributed by atoms with Gasteiger partial charge >= 0.3 is 0 Å². The van der Waals surface area contributed by atoms with E-state index < -0.39 is 0 Å². The molecule has 0 saturated carbocycles. The van der Waals surface area contributed by atoms with Crippen molar-refractivity contribution in [3.63, 3.8) is 0 Å². The SMILES string of the molecule is Fc1ccc(N(c2cc[c]cc2)c2ccc(F)cc2)cc1. The van der Waals surface area contributed by atoms with Gasteiger partial charge < -0.3 is 4.90 Å². The molecule has 0 heterocycles. The Kier molecular flexibility index (Phi) is 3.65. The van der Waals surface area contributed by atoms with Gasteiger partial charge in [0.1, 0.15) is 11.6 Å². The van der Waals surface area contributed by atoms with E-state index in [1.165, 1.54) is 24.3 Å². The van der Waals surface area contributed by atoms with E-state index in [1.807, 2.05) is 17.0 Å². The van der Waals surface area contributed by atoms with E-state index in [9.17, 15) is 8.78 Å². The Hall–Kier alpha value is -2.68. The Bertz CT molecular complexity index is 661. The van der Waals surface area contributed by atoms with Gasteiger partial charge in [-0.2, -0.15) is 0 Å². The molecule has 0 spiro atoms. The van der Waals surface area contributed by atoms with Crippen LogP contribution in [0.1, 0.15) is 0 Å².